The van der Waals surface area contributed by atoms with Crippen molar-refractivity contribution in [1.82, 2.24) is 4.90 Å². The van der Waals surface area contributed by atoms with Crippen LogP contribution >= 0.6 is 0 Å². The van der Waals surface area contributed by atoms with Crippen LogP contribution in [0.2, 0.25) is 0 Å². The van der Waals surface area contributed by atoms with E-state index in [4.69, 9.17) is 5.73 Å². The van der Waals surface area contributed by atoms with Gasteiger partial charge in [-0.1, -0.05) is 31.2 Å². The summed E-state index contributed by atoms with van der Waals surface area (Å²) in [5.41, 5.74) is 9.45. The molecule has 0 saturated heterocycles. The molecule has 1 aromatic rings. The van der Waals surface area contributed by atoms with Crippen LogP contribution in [0.4, 0.5) is 0 Å². The number of nitrogens with zero attached hydrogens (tertiary/aromatic N) is 1. The first kappa shape index (κ1) is 14.1. The van der Waals surface area contributed by atoms with E-state index >= 15 is 0 Å². The molecule has 3 rings (SSSR count). The van der Waals surface area contributed by atoms with Gasteiger partial charge in [-0.2, -0.15) is 0 Å². The first-order valence-electron chi connectivity index (χ1n) is 8.27. The molecule has 3 atom stereocenters. The highest BCUT2D eigenvalue weighted by Crippen LogP contribution is 2.29. The normalized spacial score (nSPS) is 31.6. The molecule has 20 heavy (non-hydrogen) atoms. The van der Waals surface area contributed by atoms with Gasteiger partial charge in [0.25, 0.3) is 0 Å². The van der Waals surface area contributed by atoms with E-state index in [1.54, 1.807) is 5.56 Å². The van der Waals surface area contributed by atoms with Crippen LogP contribution in [-0.2, 0) is 13.0 Å². The zero-order valence-electron chi connectivity index (χ0n) is 12.7. The van der Waals surface area contributed by atoms with E-state index in [0.717, 1.165) is 12.5 Å². The quantitative estimate of drug-likeness (QED) is 0.896. The third kappa shape index (κ3) is 3.24. The van der Waals surface area contributed by atoms with Gasteiger partial charge in [-0.25, -0.2) is 0 Å². The zero-order valence-corrected chi connectivity index (χ0v) is 12.7. The van der Waals surface area contributed by atoms with Gasteiger partial charge >= 0.3 is 0 Å². The van der Waals surface area contributed by atoms with E-state index in [2.05, 4.69) is 36.1 Å². The maximum absolute atomic E-state index is 6.37. The second-order valence-electron chi connectivity index (χ2n) is 6.95. The Morgan fingerprint density at radius 3 is 2.85 bits per heavy atom. The second-order valence-corrected chi connectivity index (χ2v) is 6.95. The predicted molar refractivity (Wildman–Crippen MR) is 84.5 cm³/mol. The number of aryl methyl sites for hydroxylation is 1. The van der Waals surface area contributed by atoms with Crippen molar-refractivity contribution in [2.24, 2.45) is 17.6 Å². The summed E-state index contributed by atoms with van der Waals surface area (Å²) in [6.45, 7) is 5.93. The van der Waals surface area contributed by atoms with Crippen molar-refractivity contribution in [3.05, 3.63) is 35.4 Å². The van der Waals surface area contributed by atoms with Crippen molar-refractivity contribution in [2.45, 2.75) is 51.6 Å². The van der Waals surface area contributed by atoms with Gasteiger partial charge in [0.15, 0.2) is 0 Å². The fraction of sp³-hybridized carbons (Fsp3) is 0.667. The second kappa shape index (κ2) is 6.28. The average Bonchev–Trinajstić information content (AvgIpc) is 2.64. The maximum Gasteiger partial charge on any atom is 0.0236 e. The van der Waals surface area contributed by atoms with Crippen molar-refractivity contribution in [1.29, 1.82) is 0 Å². The number of benzene rings is 1. The molecular formula is C18H28N2. The van der Waals surface area contributed by atoms with Gasteiger partial charge in [0.1, 0.15) is 0 Å². The van der Waals surface area contributed by atoms with E-state index in [1.165, 1.54) is 50.8 Å². The van der Waals surface area contributed by atoms with Crippen LogP contribution in [-0.4, -0.2) is 24.0 Å². The Bertz CT molecular complexity index is 443. The Labute approximate surface area is 123 Å². The van der Waals surface area contributed by atoms with Crippen LogP contribution in [0, 0.1) is 11.8 Å². The number of nitrogens with two attached hydrogens (primary N) is 1. The number of rotatable bonds is 2. The van der Waals surface area contributed by atoms with E-state index in [9.17, 15) is 0 Å². The summed E-state index contributed by atoms with van der Waals surface area (Å²) in [6.07, 6.45) is 6.38. The molecule has 2 N–H and O–H groups in total. The van der Waals surface area contributed by atoms with Crippen LogP contribution in [0.5, 0.6) is 0 Å². The summed E-state index contributed by atoms with van der Waals surface area (Å²) in [6, 6.07) is 9.37. The summed E-state index contributed by atoms with van der Waals surface area (Å²) in [5, 5.41) is 0. The highest BCUT2D eigenvalue weighted by molar-refractivity contribution is 5.28. The molecule has 2 aliphatic rings. The number of fused-ring (bicyclic) bond motifs is 1. The lowest BCUT2D eigenvalue weighted by Gasteiger charge is -2.36. The highest BCUT2D eigenvalue weighted by atomic mass is 15.1. The smallest absolute Gasteiger partial charge is 0.0236 e. The fourth-order valence-electron chi connectivity index (χ4n) is 3.99. The maximum atomic E-state index is 6.37. The van der Waals surface area contributed by atoms with E-state index < -0.39 is 0 Å². The third-order valence-corrected chi connectivity index (χ3v) is 5.23. The third-order valence-electron chi connectivity index (χ3n) is 5.23. The van der Waals surface area contributed by atoms with Crippen LogP contribution in [0.15, 0.2) is 24.3 Å². The van der Waals surface area contributed by atoms with Crippen molar-refractivity contribution < 1.29 is 0 Å². The van der Waals surface area contributed by atoms with Crippen LogP contribution < -0.4 is 5.73 Å². The van der Waals surface area contributed by atoms with Gasteiger partial charge in [-0.3, -0.25) is 4.90 Å². The van der Waals surface area contributed by atoms with Gasteiger partial charge in [0.05, 0.1) is 0 Å². The Morgan fingerprint density at radius 2 is 2.00 bits per heavy atom. The van der Waals surface area contributed by atoms with Gasteiger partial charge in [-0.15, -0.1) is 0 Å². The lowest BCUT2D eigenvalue weighted by atomic mass is 9.79. The molecule has 1 fully saturated rings. The monoisotopic (exact) mass is 272 g/mol. The summed E-state index contributed by atoms with van der Waals surface area (Å²) in [4.78, 5) is 2.65. The zero-order chi connectivity index (χ0) is 13.9. The number of hydrogen-bond donors (Lipinski definition) is 1. The Morgan fingerprint density at radius 1 is 1.20 bits per heavy atom. The molecule has 1 aromatic carbocycles. The Kier molecular flexibility index (Phi) is 4.42. The minimum Gasteiger partial charge on any atom is -0.327 e. The molecule has 1 heterocycles. The molecule has 1 saturated carbocycles. The van der Waals surface area contributed by atoms with Crippen molar-refractivity contribution in [3.8, 4) is 0 Å². The molecule has 1 aliphatic heterocycles. The Balaban J connectivity index is 1.66. The minimum absolute atomic E-state index is 0.421. The van der Waals surface area contributed by atoms with Gasteiger partial charge in [-0.05, 0) is 61.6 Å². The largest absolute Gasteiger partial charge is 0.327 e. The predicted octanol–water partition coefficient (Wildman–Crippen LogP) is 3.20. The first-order chi connectivity index (χ1) is 9.72. The SMILES string of the molecule is CC1CCC(N)C(CN2CCCc3ccccc3C2)C1. The summed E-state index contributed by atoms with van der Waals surface area (Å²) in [7, 11) is 0. The highest BCUT2D eigenvalue weighted by Gasteiger charge is 2.28. The lowest BCUT2D eigenvalue weighted by Crippen LogP contribution is -2.42. The summed E-state index contributed by atoms with van der Waals surface area (Å²) >= 11 is 0. The minimum atomic E-state index is 0.421. The molecule has 1 aliphatic carbocycles. The van der Waals surface area contributed by atoms with E-state index in [-0.39, 0.29) is 0 Å². The lowest BCUT2D eigenvalue weighted by molar-refractivity contribution is 0.157. The Hall–Kier alpha value is -0.860. The molecule has 110 valence electrons. The molecule has 0 aromatic heterocycles. The van der Waals surface area contributed by atoms with Gasteiger partial charge in [0.2, 0.25) is 0 Å². The average molecular weight is 272 g/mol. The van der Waals surface area contributed by atoms with Crippen LogP contribution in [0.25, 0.3) is 0 Å². The first-order valence-corrected chi connectivity index (χ1v) is 8.27. The van der Waals surface area contributed by atoms with Gasteiger partial charge in [0, 0.05) is 19.1 Å². The molecule has 0 radical (unpaired) electrons. The van der Waals surface area contributed by atoms with Gasteiger partial charge < -0.3 is 5.73 Å². The molecule has 3 unspecified atom stereocenters. The summed E-state index contributed by atoms with van der Waals surface area (Å²) < 4.78 is 0. The van der Waals surface area contributed by atoms with Crippen LogP contribution in [0.3, 0.4) is 0 Å². The van der Waals surface area contributed by atoms with Crippen molar-refractivity contribution in [2.75, 3.05) is 13.1 Å². The molecule has 0 bridgehead atoms. The fourth-order valence-corrected chi connectivity index (χ4v) is 3.99. The standard InChI is InChI=1S/C18H28N2/c1-14-8-9-18(19)17(11-14)13-20-10-4-7-15-5-2-3-6-16(15)12-20/h2-3,5-6,14,17-18H,4,7-13,19H2,1H3. The molecule has 2 heteroatoms. The van der Waals surface area contributed by atoms with Crippen molar-refractivity contribution >= 4 is 0 Å². The van der Waals surface area contributed by atoms with E-state index in [0.29, 0.717) is 12.0 Å². The number of hydrogen-bond acceptors (Lipinski definition) is 2. The topological polar surface area (TPSA) is 29.3 Å². The summed E-state index contributed by atoms with van der Waals surface area (Å²) in [5.74, 6) is 1.56. The van der Waals surface area contributed by atoms with E-state index in [1.807, 2.05) is 0 Å². The molecule has 0 spiro atoms. The molecule has 2 nitrogen and oxygen atoms in total. The van der Waals surface area contributed by atoms with Crippen LogP contribution in [0.1, 0.15) is 43.7 Å². The molecule has 0 amide bonds. The van der Waals surface area contributed by atoms with Crippen molar-refractivity contribution in [3.63, 3.8) is 0 Å². The molecular weight excluding hydrogens is 244 g/mol.